The molecule has 15 heavy (non-hydrogen) atoms. The Morgan fingerprint density at radius 1 is 1.53 bits per heavy atom. The molecule has 0 fully saturated rings. The lowest BCUT2D eigenvalue weighted by molar-refractivity contribution is -0.136. The Bertz CT molecular complexity index is 176. The molecule has 90 valence electrons. The van der Waals surface area contributed by atoms with Crippen LogP contribution in [0.2, 0.25) is 0 Å². The number of ether oxygens (including phenoxy) is 1. The highest BCUT2D eigenvalue weighted by Gasteiger charge is 2.18. The van der Waals surface area contributed by atoms with Crippen LogP contribution in [0.4, 0.5) is 0 Å². The average Bonchev–Trinajstić information content (AvgIpc) is 2.23. The van der Waals surface area contributed by atoms with E-state index in [-0.39, 0.29) is 18.4 Å². The molecule has 0 aromatic carbocycles. The smallest absolute Gasteiger partial charge is 0.226 e. The molecule has 0 aromatic rings. The summed E-state index contributed by atoms with van der Waals surface area (Å²) in [4.78, 5) is 13.5. The molecule has 0 aromatic heterocycles. The quantitative estimate of drug-likeness (QED) is 0.566. The molecule has 0 aliphatic heterocycles. The second kappa shape index (κ2) is 8.64. The molecule has 5 nitrogen and oxygen atoms in total. The molecule has 0 rings (SSSR count). The minimum atomic E-state index is -0.0709. The van der Waals surface area contributed by atoms with Crippen LogP contribution in [-0.4, -0.2) is 62.9 Å². The van der Waals surface area contributed by atoms with Crippen LogP contribution in [0, 0.1) is 5.92 Å². The first-order valence-electron chi connectivity index (χ1n) is 5.20. The topological polar surface area (TPSA) is 61.8 Å². The number of amides is 1. The first-order valence-corrected chi connectivity index (χ1v) is 5.20. The first kappa shape index (κ1) is 14.3. The van der Waals surface area contributed by atoms with E-state index in [2.05, 4.69) is 5.32 Å². The van der Waals surface area contributed by atoms with Crippen molar-refractivity contribution in [3.63, 3.8) is 0 Å². The van der Waals surface area contributed by atoms with Gasteiger partial charge in [0.2, 0.25) is 5.91 Å². The van der Waals surface area contributed by atoms with E-state index in [9.17, 15) is 4.79 Å². The van der Waals surface area contributed by atoms with Crippen LogP contribution in [0.1, 0.15) is 6.92 Å². The number of carbonyl (C=O) groups excluding carboxylic acids is 1. The molecule has 1 atom stereocenters. The van der Waals surface area contributed by atoms with Crippen molar-refractivity contribution in [3.8, 4) is 0 Å². The van der Waals surface area contributed by atoms with Gasteiger partial charge >= 0.3 is 0 Å². The Morgan fingerprint density at radius 3 is 2.67 bits per heavy atom. The molecular weight excluding hydrogens is 196 g/mol. The molecule has 0 aliphatic rings. The van der Waals surface area contributed by atoms with Gasteiger partial charge in [0.15, 0.2) is 0 Å². The highest BCUT2D eigenvalue weighted by molar-refractivity contribution is 5.78. The largest absolute Gasteiger partial charge is 0.395 e. The predicted octanol–water partition coefficient (Wildman–Crippen LogP) is -0.691. The summed E-state index contributed by atoms with van der Waals surface area (Å²) in [5.74, 6) is -0.0196. The van der Waals surface area contributed by atoms with Crippen LogP contribution in [0.25, 0.3) is 0 Å². The van der Waals surface area contributed by atoms with Gasteiger partial charge in [-0.3, -0.25) is 4.79 Å². The molecular formula is C10H22N2O3. The molecule has 1 amide bonds. The van der Waals surface area contributed by atoms with Crippen molar-refractivity contribution in [2.24, 2.45) is 5.92 Å². The maximum Gasteiger partial charge on any atom is 0.226 e. The molecule has 0 aliphatic carbocycles. The fraction of sp³-hybridized carbons (Fsp3) is 0.900. The Hall–Kier alpha value is -0.650. The summed E-state index contributed by atoms with van der Waals surface area (Å²) in [6.45, 7) is 3.91. The number of rotatable bonds is 8. The van der Waals surface area contributed by atoms with Gasteiger partial charge in [-0.05, 0) is 7.05 Å². The number of aliphatic hydroxyl groups excluding tert-OH is 1. The second-order valence-electron chi connectivity index (χ2n) is 3.50. The van der Waals surface area contributed by atoms with Gasteiger partial charge in [0.1, 0.15) is 0 Å². The van der Waals surface area contributed by atoms with Crippen LogP contribution < -0.4 is 5.32 Å². The van der Waals surface area contributed by atoms with Gasteiger partial charge in [-0.25, -0.2) is 0 Å². The Labute approximate surface area is 91.4 Å². The number of aliphatic hydroxyl groups is 1. The van der Waals surface area contributed by atoms with E-state index in [1.165, 1.54) is 0 Å². The summed E-state index contributed by atoms with van der Waals surface area (Å²) in [6, 6.07) is 0. The van der Waals surface area contributed by atoms with Crippen molar-refractivity contribution >= 4 is 5.91 Å². The Kier molecular flexibility index (Phi) is 8.27. The van der Waals surface area contributed by atoms with E-state index in [0.29, 0.717) is 26.2 Å². The molecule has 0 heterocycles. The summed E-state index contributed by atoms with van der Waals surface area (Å²) in [7, 11) is 3.41. The van der Waals surface area contributed by atoms with Crippen LogP contribution in [0.15, 0.2) is 0 Å². The van der Waals surface area contributed by atoms with Crippen LogP contribution in [0.3, 0.4) is 0 Å². The van der Waals surface area contributed by atoms with Gasteiger partial charge in [-0.15, -0.1) is 0 Å². The maximum atomic E-state index is 11.8. The Balaban J connectivity index is 4.13. The van der Waals surface area contributed by atoms with Crippen molar-refractivity contribution < 1.29 is 14.6 Å². The van der Waals surface area contributed by atoms with E-state index >= 15 is 0 Å². The standard InChI is InChI=1S/C10H22N2O3/c1-9(8-11-2)10(14)12(4-6-13)5-7-15-3/h9,11,13H,4-8H2,1-3H3. The van der Waals surface area contributed by atoms with E-state index in [0.717, 1.165) is 0 Å². The third kappa shape index (κ3) is 5.71. The minimum Gasteiger partial charge on any atom is -0.395 e. The first-order chi connectivity index (χ1) is 7.17. The van der Waals surface area contributed by atoms with Crippen molar-refractivity contribution in [2.75, 3.05) is 47.0 Å². The highest BCUT2D eigenvalue weighted by Crippen LogP contribution is 2.01. The van der Waals surface area contributed by atoms with Crippen LogP contribution in [0.5, 0.6) is 0 Å². The van der Waals surface area contributed by atoms with Gasteiger partial charge in [0, 0.05) is 32.7 Å². The molecule has 1 unspecified atom stereocenters. The van der Waals surface area contributed by atoms with E-state index in [1.807, 2.05) is 14.0 Å². The van der Waals surface area contributed by atoms with E-state index in [4.69, 9.17) is 9.84 Å². The summed E-state index contributed by atoms with van der Waals surface area (Å²) in [5.41, 5.74) is 0. The van der Waals surface area contributed by atoms with Gasteiger partial charge in [-0.2, -0.15) is 0 Å². The number of hydrogen-bond acceptors (Lipinski definition) is 4. The lowest BCUT2D eigenvalue weighted by Gasteiger charge is -2.24. The molecule has 0 saturated carbocycles. The fourth-order valence-corrected chi connectivity index (χ4v) is 1.36. The summed E-state index contributed by atoms with van der Waals surface area (Å²) in [6.07, 6.45) is 0. The molecule has 0 spiro atoms. The lowest BCUT2D eigenvalue weighted by atomic mass is 10.1. The van der Waals surface area contributed by atoms with Crippen LogP contribution in [-0.2, 0) is 9.53 Å². The van der Waals surface area contributed by atoms with Gasteiger partial charge in [0.05, 0.1) is 13.2 Å². The minimum absolute atomic E-state index is 0.0122. The zero-order valence-electron chi connectivity index (χ0n) is 9.82. The van der Waals surface area contributed by atoms with Crippen molar-refractivity contribution in [1.29, 1.82) is 0 Å². The van der Waals surface area contributed by atoms with Crippen molar-refractivity contribution in [1.82, 2.24) is 10.2 Å². The zero-order valence-corrected chi connectivity index (χ0v) is 9.82. The monoisotopic (exact) mass is 218 g/mol. The number of nitrogens with zero attached hydrogens (tertiary/aromatic N) is 1. The third-order valence-electron chi connectivity index (χ3n) is 2.18. The fourth-order valence-electron chi connectivity index (χ4n) is 1.36. The molecule has 0 bridgehead atoms. The SMILES string of the molecule is CNCC(C)C(=O)N(CCO)CCOC. The predicted molar refractivity (Wildman–Crippen MR) is 58.6 cm³/mol. The molecule has 5 heteroatoms. The summed E-state index contributed by atoms with van der Waals surface area (Å²) in [5, 5.41) is 11.8. The summed E-state index contributed by atoms with van der Waals surface area (Å²) < 4.78 is 4.92. The average molecular weight is 218 g/mol. The van der Waals surface area contributed by atoms with Gasteiger partial charge < -0.3 is 20.1 Å². The highest BCUT2D eigenvalue weighted by atomic mass is 16.5. The molecule has 0 saturated heterocycles. The van der Waals surface area contributed by atoms with Gasteiger partial charge in [-0.1, -0.05) is 6.92 Å². The number of hydrogen-bond donors (Lipinski definition) is 2. The van der Waals surface area contributed by atoms with Crippen molar-refractivity contribution in [2.45, 2.75) is 6.92 Å². The summed E-state index contributed by atoms with van der Waals surface area (Å²) >= 11 is 0. The number of methoxy groups -OCH3 is 1. The van der Waals surface area contributed by atoms with E-state index < -0.39 is 0 Å². The second-order valence-corrected chi connectivity index (χ2v) is 3.50. The molecule has 0 radical (unpaired) electrons. The Morgan fingerprint density at radius 2 is 2.20 bits per heavy atom. The van der Waals surface area contributed by atoms with Gasteiger partial charge in [0.25, 0.3) is 0 Å². The normalized spacial score (nSPS) is 12.5. The lowest BCUT2D eigenvalue weighted by Crippen LogP contribution is -2.41. The van der Waals surface area contributed by atoms with Crippen LogP contribution >= 0.6 is 0 Å². The molecule has 2 N–H and O–H groups in total. The number of nitrogens with one attached hydrogen (secondary N) is 1. The third-order valence-corrected chi connectivity index (χ3v) is 2.18. The van der Waals surface area contributed by atoms with Crippen molar-refractivity contribution in [3.05, 3.63) is 0 Å². The number of carbonyl (C=O) groups is 1. The maximum absolute atomic E-state index is 11.8. The van der Waals surface area contributed by atoms with E-state index in [1.54, 1.807) is 12.0 Å². The zero-order chi connectivity index (χ0) is 11.7.